The summed E-state index contributed by atoms with van der Waals surface area (Å²) in [5, 5.41) is 16.2. The monoisotopic (exact) mass is 645 g/mol. The number of nitrogens with one attached hydrogen (secondary N) is 2. The van der Waals surface area contributed by atoms with Crippen molar-refractivity contribution in [2.75, 3.05) is 23.5 Å². The van der Waals surface area contributed by atoms with Gasteiger partial charge in [-0.1, -0.05) is 51.8 Å². The van der Waals surface area contributed by atoms with E-state index >= 15 is 0 Å². The smallest absolute Gasteiger partial charge is 0.412 e. The Bertz CT molecular complexity index is 1300. The van der Waals surface area contributed by atoms with Crippen molar-refractivity contribution in [1.29, 1.82) is 0 Å². The zero-order chi connectivity index (χ0) is 27.7. The predicted octanol–water partition coefficient (Wildman–Crippen LogP) is 7.09. The summed E-state index contributed by atoms with van der Waals surface area (Å²) < 4.78 is 12.6. The van der Waals surface area contributed by atoms with Crippen LogP contribution in [0.4, 0.5) is 21.9 Å². The summed E-state index contributed by atoms with van der Waals surface area (Å²) in [6.45, 7) is 1.95. The minimum atomic E-state index is -0.953. The molecule has 0 spiro atoms. The van der Waals surface area contributed by atoms with Crippen molar-refractivity contribution in [2.24, 2.45) is 0 Å². The van der Waals surface area contributed by atoms with Crippen LogP contribution in [0.3, 0.4) is 0 Å². The van der Waals surface area contributed by atoms with E-state index in [0.29, 0.717) is 44.4 Å². The maximum absolute atomic E-state index is 12.8. The third kappa shape index (κ3) is 8.34. The number of aromatic hydroxyl groups is 1. The Balaban J connectivity index is 1.73. The number of carbonyl (C=O) groups is 2. The molecule has 200 valence electrons. The molecule has 2 atom stereocenters. The van der Waals surface area contributed by atoms with Crippen molar-refractivity contribution in [3.8, 4) is 5.75 Å². The lowest BCUT2D eigenvalue weighted by Crippen LogP contribution is -2.28. The summed E-state index contributed by atoms with van der Waals surface area (Å²) in [4.78, 5) is 25.1. The average Bonchev–Trinajstić information content (AvgIpc) is 2.88. The zero-order valence-electron chi connectivity index (χ0n) is 20.9. The number of rotatable bonds is 10. The van der Waals surface area contributed by atoms with E-state index in [4.69, 9.17) is 15.2 Å². The number of allylic oxidation sites excluding steroid dienone is 1. The number of para-hydroxylation sites is 2. The van der Waals surface area contributed by atoms with E-state index in [2.05, 4.69) is 42.5 Å². The molecule has 0 aliphatic rings. The van der Waals surface area contributed by atoms with Crippen molar-refractivity contribution in [3.05, 3.63) is 92.9 Å². The van der Waals surface area contributed by atoms with Gasteiger partial charge in [0, 0.05) is 22.8 Å². The topological polar surface area (TPSA) is 123 Å². The number of hydrogen-bond donors (Lipinski definition) is 4. The van der Waals surface area contributed by atoms with Gasteiger partial charge in [0.1, 0.15) is 5.75 Å². The molecule has 2 amide bonds. The van der Waals surface area contributed by atoms with Gasteiger partial charge in [0.2, 0.25) is 5.91 Å². The maximum atomic E-state index is 12.8. The van der Waals surface area contributed by atoms with Crippen molar-refractivity contribution in [2.45, 2.75) is 32.0 Å². The van der Waals surface area contributed by atoms with Crippen LogP contribution >= 0.6 is 31.9 Å². The van der Waals surface area contributed by atoms with Crippen LogP contribution in [0.5, 0.6) is 5.75 Å². The first-order valence-electron chi connectivity index (χ1n) is 11.7. The number of halogens is 2. The highest BCUT2D eigenvalue weighted by Gasteiger charge is 2.30. The lowest BCUT2D eigenvalue weighted by atomic mass is 9.99. The van der Waals surface area contributed by atoms with Crippen LogP contribution < -0.4 is 16.4 Å². The Morgan fingerprint density at radius 1 is 1.08 bits per heavy atom. The molecule has 0 bridgehead atoms. The molecule has 3 aromatic rings. The molecule has 5 N–H and O–H groups in total. The van der Waals surface area contributed by atoms with Gasteiger partial charge in [-0.25, -0.2) is 4.79 Å². The molecule has 8 nitrogen and oxygen atoms in total. The summed E-state index contributed by atoms with van der Waals surface area (Å²) >= 11 is 6.76. The van der Waals surface area contributed by atoms with Gasteiger partial charge in [0.25, 0.3) is 0 Å². The van der Waals surface area contributed by atoms with E-state index < -0.39 is 18.3 Å². The number of methoxy groups -OCH3 is 1. The number of ether oxygens (including phenoxy) is 2. The first-order valence-corrected chi connectivity index (χ1v) is 13.3. The second-order valence-electron chi connectivity index (χ2n) is 8.47. The van der Waals surface area contributed by atoms with E-state index in [1.807, 2.05) is 19.1 Å². The fourth-order valence-corrected chi connectivity index (χ4v) is 4.93. The third-order valence-corrected chi connectivity index (χ3v) is 6.70. The molecule has 0 aromatic heterocycles. The number of hydrogen-bond acceptors (Lipinski definition) is 6. The SMILES string of the molecule is CO[C@H](CC/C=C/C(=O)Nc1ccccc1N)[C@H](OC(=O)Nc1ccc(C)cc1)c1cc(Br)cc(Br)c1O. The number of amides is 2. The van der Waals surface area contributed by atoms with E-state index in [-0.39, 0.29) is 11.7 Å². The second-order valence-corrected chi connectivity index (χ2v) is 10.2. The van der Waals surface area contributed by atoms with Crippen molar-refractivity contribution in [1.82, 2.24) is 0 Å². The fraction of sp³-hybridized carbons (Fsp3) is 0.214. The summed E-state index contributed by atoms with van der Waals surface area (Å²) in [6.07, 6.45) is 1.64. The van der Waals surface area contributed by atoms with E-state index in [9.17, 15) is 14.7 Å². The van der Waals surface area contributed by atoms with E-state index in [0.717, 1.165) is 5.56 Å². The number of phenols is 1. The molecule has 3 rings (SSSR count). The van der Waals surface area contributed by atoms with Gasteiger partial charge in [-0.2, -0.15) is 0 Å². The number of carbonyl (C=O) groups excluding carboxylic acids is 2. The average molecular weight is 647 g/mol. The van der Waals surface area contributed by atoms with Crippen LogP contribution in [0.1, 0.15) is 30.1 Å². The largest absolute Gasteiger partial charge is 0.506 e. The number of aryl methyl sites for hydroxylation is 1. The first kappa shape index (κ1) is 29.2. The minimum absolute atomic E-state index is 0.0706. The van der Waals surface area contributed by atoms with Crippen molar-refractivity contribution in [3.63, 3.8) is 0 Å². The van der Waals surface area contributed by atoms with Crippen LogP contribution in [-0.4, -0.2) is 30.3 Å². The van der Waals surface area contributed by atoms with Crippen molar-refractivity contribution >= 4 is 60.9 Å². The quantitative estimate of drug-likeness (QED) is 0.138. The minimum Gasteiger partial charge on any atom is -0.506 e. The summed E-state index contributed by atoms with van der Waals surface area (Å²) in [7, 11) is 1.50. The summed E-state index contributed by atoms with van der Waals surface area (Å²) in [5.41, 5.74) is 8.85. The molecular weight excluding hydrogens is 618 g/mol. The summed E-state index contributed by atoms with van der Waals surface area (Å²) in [6, 6.07) is 17.6. The molecule has 38 heavy (non-hydrogen) atoms. The van der Waals surface area contributed by atoms with Gasteiger partial charge in [-0.05, 0) is 78.2 Å². The third-order valence-electron chi connectivity index (χ3n) is 5.64. The molecule has 3 aromatic carbocycles. The van der Waals surface area contributed by atoms with Crippen molar-refractivity contribution < 1.29 is 24.2 Å². The molecule has 0 aliphatic carbocycles. The number of nitrogens with two attached hydrogens (primary N) is 1. The molecule has 0 fully saturated rings. The Kier molecular flexibility index (Phi) is 10.8. The van der Waals surface area contributed by atoms with Crippen LogP contribution in [0.15, 0.2) is 81.8 Å². The second kappa shape index (κ2) is 14.0. The van der Waals surface area contributed by atoms with Crippen LogP contribution in [0, 0.1) is 6.92 Å². The van der Waals surface area contributed by atoms with Gasteiger partial charge < -0.3 is 25.6 Å². The molecule has 0 heterocycles. The Morgan fingerprint density at radius 3 is 2.47 bits per heavy atom. The number of phenolic OH excluding ortho intramolecular Hbond substituents is 1. The maximum Gasteiger partial charge on any atom is 0.412 e. The van der Waals surface area contributed by atoms with Gasteiger partial charge in [0.05, 0.1) is 22.0 Å². The first-order chi connectivity index (χ1) is 18.2. The lowest BCUT2D eigenvalue weighted by molar-refractivity contribution is -0.111. The summed E-state index contributed by atoms with van der Waals surface area (Å²) in [5.74, 6) is -0.394. The number of benzene rings is 3. The lowest BCUT2D eigenvalue weighted by Gasteiger charge is -2.27. The predicted molar refractivity (Wildman–Crippen MR) is 156 cm³/mol. The molecule has 0 radical (unpaired) electrons. The Hall–Kier alpha value is -3.34. The normalized spacial score (nSPS) is 12.6. The van der Waals surface area contributed by atoms with Crippen LogP contribution in [0.25, 0.3) is 0 Å². The molecular formula is C28H29Br2N3O5. The van der Waals surface area contributed by atoms with Gasteiger partial charge in [-0.15, -0.1) is 0 Å². The molecule has 0 saturated carbocycles. The van der Waals surface area contributed by atoms with Gasteiger partial charge in [-0.3, -0.25) is 10.1 Å². The van der Waals surface area contributed by atoms with Crippen LogP contribution in [-0.2, 0) is 14.3 Å². The molecule has 0 unspecified atom stereocenters. The standard InChI is InChI=1S/C28H29Br2N3O5/c1-17-11-13-19(14-12-17)32-28(36)38-27(20-15-18(29)16-21(30)26(20)35)24(37-2)9-5-6-10-25(34)33-23-8-4-3-7-22(23)31/h3-4,6-8,10-16,24,27,35H,5,9,31H2,1-2H3,(H,32,36)(H,33,34)/b10-6+/t24-,27-/m1/s1. The Labute approximate surface area is 238 Å². The highest BCUT2D eigenvalue weighted by atomic mass is 79.9. The zero-order valence-corrected chi connectivity index (χ0v) is 24.1. The molecule has 10 heteroatoms. The van der Waals surface area contributed by atoms with E-state index in [1.165, 1.54) is 13.2 Å². The number of anilines is 3. The fourth-order valence-electron chi connectivity index (χ4n) is 3.67. The molecule has 0 saturated heterocycles. The van der Waals surface area contributed by atoms with Gasteiger partial charge in [0.15, 0.2) is 6.10 Å². The number of nitrogen functional groups attached to an aromatic ring is 1. The highest BCUT2D eigenvalue weighted by Crippen LogP contribution is 2.39. The van der Waals surface area contributed by atoms with E-state index in [1.54, 1.807) is 54.6 Å². The Morgan fingerprint density at radius 2 is 1.79 bits per heavy atom. The molecule has 0 aliphatic heterocycles. The highest BCUT2D eigenvalue weighted by molar-refractivity contribution is 9.11. The van der Waals surface area contributed by atoms with Crippen LogP contribution in [0.2, 0.25) is 0 Å². The van der Waals surface area contributed by atoms with Gasteiger partial charge >= 0.3 is 6.09 Å².